The highest BCUT2D eigenvalue weighted by molar-refractivity contribution is 7.80. The number of rotatable bonds is 5. The van der Waals surface area contributed by atoms with Gasteiger partial charge in [0.1, 0.15) is 0 Å². The largest absolute Gasteiger partial charge is 0.393 e. The summed E-state index contributed by atoms with van der Waals surface area (Å²) in [5.74, 6) is -0.667. The molecule has 0 atom stereocenters. The molecular formula is C12H13F3N2OS. The average molecular weight is 290 g/mol. The molecule has 7 heteroatoms. The maximum atomic E-state index is 11.9. The second kappa shape index (κ2) is 6.51. The summed E-state index contributed by atoms with van der Waals surface area (Å²) >= 11 is 4.75. The summed E-state index contributed by atoms with van der Waals surface area (Å²) in [6.07, 6.45) is -5.59. The van der Waals surface area contributed by atoms with Crippen LogP contribution in [0.1, 0.15) is 18.4 Å². The molecule has 0 heterocycles. The molecule has 0 bridgehead atoms. The summed E-state index contributed by atoms with van der Waals surface area (Å²) in [6.45, 7) is 0. The topological polar surface area (TPSA) is 55.1 Å². The molecule has 3 nitrogen and oxygen atoms in total. The minimum atomic E-state index is -4.32. The van der Waals surface area contributed by atoms with E-state index in [1.54, 1.807) is 24.3 Å². The maximum Gasteiger partial charge on any atom is 0.389 e. The molecule has 1 rings (SSSR count). The SMILES string of the molecule is NC(=S)Cc1ccc(NC(=O)CCC(F)(F)F)cc1. The molecule has 3 N–H and O–H groups in total. The van der Waals surface area contributed by atoms with Crippen LogP contribution in [-0.2, 0) is 11.2 Å². The van der Waals surface area contributed by atoms with Crippen molar-refractivity contribution in [3.05, 3.63) is 29.8 Å². The number of nitrogens with two attached hydrogens (primary N) is 1. The van der Waals surface area contributed by atoms with Crippen molar-refractivity contribution in [2.45, 2.75) is 25.4 Å². The Morgan fingerprint density at radius 3 is 2.32 bits per heavy atom. The molecule has 1 amide bonds. The van der Waals surface area contributed by atoms with E-state index in [9.17, 15) is 18.0 Å². The first-order valence-corrected chi connectivity index (χ1v) is 5.91. The van der Waals surface area contributed by atoms with Gasteiger partial charge in [-0.15, -0.1) is 0 Å². The Hall–Kier alpha value is -1.63. The first-order chi connectivity index (χ1) is 8.76. The summed E-state index contributed by atoms with van der Waals surface area (Å²) in [5, 5.41) is 2.39. The molecule has 0 aromatic heterocycles. The number of amides is 1. The molecule has 0 spiro atoms. The lowest BCUT2D eigenvalue weighted by atomic mass is 10.1. The molecule has 0 unspecified atom stereocenters. The van der Waals surface area contributed by atoms with Gasteiger partial charge in [0.15, 0.2) is 0 Å². The van der Waals surface area contributed by atoms with Crippen molar-refractivity contribution in [2.75, 3.05) is 5.32 Å². The summed E-state index contributed by atoms with van der Waals surface area (Å²) in [5.41, 5.74) is 6.70. The fourth-order valence-electron chi connectivity index (χ4n) is 1.39. The summed E-state index contributed by atoms with van der Waals surface area (Å²) < 4.78 is 35.8. The molecular weight excluding hydrogens is 277 g/mol. The van der Waals surface area contributed by atoms with E-state index >= 15 is 0 Å². The highest BCUT2D eigenvalue weighted by Crippen LogP contribution is 2.21. The third kappa shape index (κ3) is 6.76. The zero-order valence-electron chi connectivity index (χ0n) is 9.96. The van der Waals surface area contributed by atoms with Gasteiger partial charge in [-0.1, -0.05) is 24.4 Å². The Balaban J connectivity index is 2.49. The number of carbonyl (C=O) groups is 1. The average Bonchev–Trinajstić information content (AvgIpc) is 2.28. The number of thiocarbonyl (C=S) groups is 1. The summed E-state index contributed by atoms with van der Waals surface area (Å²) in [7, 11) is 0. The number of hydrogen-bond donors (Lipinski definition) is 2. The summed E-state index contributed by atoms with van der Waals surface area (Å²) in [6, 6.07) is 6.61. The Morgan fingerprint density at radius 1 is 1.26 bits per heavy atom. The van der Waals surface area contributed by atoms with Crippen molar-refractivity contribution >= 4 is 28.8 Å². The standard InChI is InChI=1S/C12H13F3N2OS/c13-12(14,15)6-5-11(18)17-9-3-1-8(2-4-9)7-10(16)19/h1-4H,5-7H2,(H2,16,19)(H,17,18). The van der Waals surface area contributed by atoms with E-state index in [0.29, 0.717) is 17.1 Å². The minimum Gasteiger partial charge on any atom is -0.393 e. The zero-order valence-corrected chi connectivity index (χ0v) is 10.8. The first kappa shape index (κ1) is 15.4. The molecule has 0 fully saturated rings. The smallest absolute Gasteiger partial charge is 0.389 e. The van der Waals surface area contributed by atoms with Crippen LogP contribution in [0.2, 0.25) is 0 Å². The van der Waals surface area contributed by atoms with Crippen molar-refractivity contribution in [2.24, 2.45) is 5.73 Å². The first-order valence-electron chi connectivity index (χ1n) is 5.50. The molecule has 0 saturated heterocycles. The van der Waals surface area contributed by atoms with Gasteiger partial charge in [-0.2, -0.15) is 13.2 Å². The lowest BCUT2D eigenvalue weighted by Gasteiger charge is -2.08. The van der Waals surface area contributed by atoms with Gasteiger partial charge >= 0.3 is 6.18 Å². The van der Waals surface area contributed by atoms with Gasteiger partial charge in [-0.25, -0.2) is 0 Å². The number of benzene rings is 1. The molecule has 0 aliphatic carbocycles. The number of anilines is 1. The minimum absolute atomic E-state index is 0.349. The number of hydrogen-bond acceptors (Lipinski definition) is 2. The fourth-order valence-corrected chi connectivity index (χ4v) is 1.55. The van der Waals surface area contributed by atoms with Crippen LogP contribution in [0.25, 0.3) is 0 Å². The highest BCUT2D eigenvalue weighted by atomic mass is 32.1. The van der Waals surface area contributed by atoms with Crippen LogP contribution in [0.3, 0.4) is 0 Å². The van der Waals surface area contributed by atoms with Crippen molar-refractivity contribution in [1.82, 2.24) is 0 Å². The Morgan fingerprint density at radius 2 is 1.84 bits per heavy atom. The number of halogens is 3. The molecule has 0 aliphatic heterocycles. The lowest BCUT2D eigenvalue weighted by Crippen LogP contribution is -2.16. The van der Waals surface area contributed by atoms with Crippen LogP contribution in [0.4, 0.5) is 18.9 Å². The summed E-state index contributed by atoms with van der Waals surface area (Å²) in [4.78, 5) is 11.6. The molecule has 0 radical (unpaired) electrons. The van der Waals surface area contributed by atoms with E-state index in [4.69, 9.17) is 18.0 Å². The fraction of sp³-hybridized carbons (Fsp3) is 0.333. The van der Waals surface area contributed by atoms with Crippen LogP contribution in [0.15, 0.2) is 24.3 Å². The van der Waals surface area contributed by atoms with E-state index in [1.165, 1.54) is 0 Å². The van der Waals surface area contributed by atoms with E-state index in [1.807, 2.05) is 0 Å². The third-order valence-corrected chi connectivity index (χ3v) is 2.40. The predicted molar refractivity (Wildman–Crippen MR) is 70.9 cm³/mol. The lowest BCUT2D eigenvalue weighted by molar-refractivity contribution is -0.142. The van der Waals surface area contributed by atoms with Crippen molar-refractivity contribution < 1.29 is 18.0 Å². The van der Waals surface area contributed by atoms with E-state index in [-0.39, 0.29) is 0 Å². The van der Waals surface area contributed by atoms with Gasteiger partial charge in [-0.3, -0.25) is 4.79 Å². The van der Waals surface area contributed by atoms with Crippen molar-refractivity contribution in [1.29, 1.82) is 0 Å². The van der Waals surface area contributed by atoms with Crippen LogP contribution in [0.5, 0.6) is 0 Å². The second-order valence-electron chi connectivity index (χ2n) is 4.00. The predicted octanol–water partition coefficient (Wildman–Crippen LogP) is 2.80. The van der Waals surface area contributed by atoms with Crippen LogP contribution in [0, 0.1) is 0 Å². The maximum absolute atomic E-state index is 11.9. The molecule has 1 aromatic carbocycles. The van der Waals surface area contributed by atoms with Gasteiger partial charge in [0.25, 0.3) is 0 Å². The van der Waals surface area contributed by atoms with E-state index < -0.39 is 24.9 Å². The number of carbonyl (C=O) groups excluding carboxylic acids is 1. The van der Waals surface area contributed by atoms with Gasteiger partial charge in [0.2, 0.25) is 5.91 Å². The number of alkyl halides is 3. The molecule has 0 aliphatic rings. The second-order valence-corrected chi connectivity index (χ2v) is 4.53. The normalized spacial score (nSPS) is 11.1. The van der Waals surface area contributed by atoms with Gasteiger partial charge in [0.05, 0.1) is 11.4 Å². The molecule has 0 saturated carbocycles. The van der Waals surface area contributed by atoms with Crippen LogP contribution in [-0.4, -0.2) is 17.1 Å². The monoisotopic (exact) mass is 290 g/mol. The molecule has 1 aromatic rings. The van der Waals surface area contributed by atoms with Gasteiger partial charge < -0.3 is 11.1 Å². The Kier molecular flexibility index (Phi) is 5.29. The third-order valence-electron chi connectivity index (χ3n) is 2.25. The van der Waals surface area contributed by atoms with Crippen molar-refractivity contribution in [3.63, 3.8) is 0 Å². The molecule has 19 heavy (non-hydrogen) atoms. The quantitative estimate of drug-likeness (QED) is 0.820. The van der Waals surface area contributed by atoms with Crippen molar-refractivity contribution in [3.8, 4) is 0 Å². The van der Waals surface area contributed by atoms with E-state index in [2.05, 4.69) is 5.32 Å². The van der Waals surface area contributed by atoms with Crippen LogP contribution < -0.4 is 11.1 Å². The zero-order chi connectivity index (χ0) is 14.5. The Bertz CT molecular complexity index is 457. The van der Waals surface area contributed by atoms with Gasteiger partial charge in [0, 0.05) is 18.5 Å². The number of nitrogens with one attached hydrogen (secondary N) is 1. The van der Waals surface area contributed by atoms with Crippen LogP contribution >= 0.6 is 12.2 Å². The Labute approximate surface area is 114 Å². The highest BCUT2D eigenvalue weighted by Gasteiger charge is 2.27. The molecule has 104 valence electrons. The van der Waals surface area contributed by atoms with Gasteiger partial charge in [-0.05, 0) is 17.7 Å². The van der Waals surface area contributed by atoms with E-state index in [0.717, 1.165) is 5.56 Å².